The predicted molar refractivity (Wildman–Crippen MR) is 88.1 cm³/mol. The van der Waals surface area contributed by atoms with Crippen molar-refractivity contribution in [1.82, 2.24) is 15.3 Å². The zero-order valence-electron chi connectivity index (χ0n) is 13.8. The number of nitrogens with one attached hydrogen (secondary N) is 2. The molecule has 0 unspecified atom stereocenters. The Morgan fingerprint density at radius 2 is 2.17 bits per heavy atom. The van der Waals surface area contributed by atoms with E-state index >= 15 is 0 Å². The average molecular weight is 317 g/mol. The van der Waals surface area contributed by atoms with Crippen molar-refractivity contribution in [3.8, 4) is 11.5 Å². The third-order valence-corrected chi connectivity index (χ3v) is 3.40. The third kappa shape index (κ3) is 4.74. The standard InChI is InChI=1S/C17H23N3O3/c1-4-23-16-10-13(7-8-15(16)22-3)6-5-9-18-17(21)14-11-19-12(2)20-14/h7-8,10-11H,4-6,9H2,1-3H3,(H,18,21)(H,19,20). The molecule has 1 heterocycles. The Labute approximate surface area is 136 Å². The monoisotopic (exact) mass is 317 g/mol. The molecule has 0 aliphatic rings. The smallest absolute Gasteiger partial charge is 0.269 e. The molecule has 1 aromatic heterocycles. The van der Waals surface area contributed by atoms with Crippen molar-refractivity contribution >= 4 is 5.91 Å². The van der Waals surface area contributed by atoms with Gasteiger partial charge in [0, 0.05) is 6.54 Å². The van der Waals surface area contributed by atoms with E-state index in [1.165, 1.54) is 0 Å². The third-order valence-electron chi connectivity index (χ3n) is 3.40. The maximum Gasteiger partial charge on any atom is 0.269 e. The summed E-state index contributed by atoms with van der Waals surface area (Å²) in [6, 6.07) is 5.91. The highest BCUT2D eigenvalue weighted by Crippen LogP contribution is 2.28. The van der Waals surface area contributed by atoms with E-state index in [0.717, 1.165) is 35.7 Å². The van der Waals surface area contributed by atoms with Crippen molar-refractivity contribution in [2.75, 3.05) is 20.3 Å². The molecule has 0 bridgehead atoms. The summed E-state index contributed by atoms with van der Waals surface area (Å²) in [7, 11) is 1.63. The fraction of sp³-hybridized carbons (Fsp3) is 0.412. The molecule has 1 amide bonds. The van der Waals surface area contributed by atoms with E-state index in [1.807, 2.05) is 32.0 Å². The number of ether oxygens (including phenoxy) is 2. The summed E-state index contributed by atoms with van der Waals surface area (Å²) < 4.78 is 10.8. The molecule has 2 aromatic rings. The Morgan fingerprint density at radius 1 is 1.35 bits per heavy atom. The number of carbonyl (C=O) groups is 1. The Bertz CT molecular complexity index is 652. The molecular formula is C17H23N3O3. The maximum absolute atomic E-state index is 11.9. The first-order chi connectivity index (χ1) is 11.1. The van der Waals surface area contributed by atoms with Crippen LogP contribution in [-0.2, 0) is 6.42 Å². The minimum atomic E-state index is -0.129. The molecule has 1 aromatic carbocycles. The molecule has 6 nitrogen and oxygen atoms in total. The normalized spacial score (nSPS) is 10.4. The van der Waals surface area contributed by atoms with Crippen molar-refractivity contribution < 1.29 is 14.3 Å². The number of aryl methyl sites for hydroxylation is 2. The van der Waals surface area contributed by atoms with Crippen molar-refractivity contribution in [3.05, 3.63) is 41.5 Å². The molecule has 0 aliphatic heterocycles. The largest absolute Gasteiger partial charge is 0.493 e. The van der Waals surface area contributed by atoms with E-state index in [2.05, 4.69) is 15.3 Å². The zero-order valence-corrected chi connectivity index (χ0v) is 13.8. The lowest BCUT2D eigenvalue weighted by atomic mass is 10.1. The van der Waals surface area contributed by atoms with E-state index in [0.29, 0.717) is 18.8 Å². The molecule has 2 rings (SSSR count). The van der Waals surface area contributed by atoms with Gasteiger partial charge in [-0.25, -0.2) is 4.98 Å². The number of carbonyl (C=O) groups excluding carboxylic acids is 1. The van der Waals surface area contributed by atoms with E-state index in [4.69, 9.17) is 9.47 Å². The van der Waals surface area contributed by atoms with Gasteiger partial charge in [0.05, 0.1) is 19.9 Å². The fourth-order valence-electron chi connectivity index (χ4n) is 2.27. The number of amides is 1. The summed E-state index contributed by atoms with van der Waals surface area (Å²) in [5.41, 5.74) is 1.64. The first kappa shape index (κ1) is 16.9. The van der Waals surface area contributed by atoms with Gasteiger partial charge in [-0.3, -0.25) is 4.79 Å². The van der Waals surface area contributed by atoms with Gasteiger partial charge in [0.15, 0.2) is 11.5 Å². The number of aromatic amines is 1. The second kappa shape index (κ2) is 8.22. The summed E-state index contributed by atoms with van der Waals surface area (Å²) in [6.45, 7) is 4.96. The number of hydrogen-bond acceptors (Lipinski definition) is 4. The number of nitrogens with zero attached hydrogens (tertiary/aromatic N) is 1. The van der Waals surface area contributed by atoms with Gasteiger partial charge in [-0.15, -0.1) is 0 Å². The quantitative estimate of drug-likeness (QED) is 0.733. The van der Waals surface area contributed by atoms with Crippen LogP contribution in [0.2, 0.25) is 0 Å². The topological polar surface area (TPSA) is 76.2 Å². The first-order valence-corrected chi connectivity index (χ1v) is 7.73. The summed E-state index contributed by atoms with van der Waals surface area (Å²) >= 11 is 0. The zero-order chi connectivity index (χ0) is 16.7. The number of H-pyrrole nitrogens is 1. The van der Waals surface area contributed by atoms with Crippen molar-refractivity contribution in [2.24, 2.45) is 0 Å². The molecule has 0 saturated heterocycles. The van der Waals surface area contributed by atoms with Crippen LogP contribution in [0.5, 0.6) is 11.5 Å². The molecule has 0 radical (unpaired) electrons. The predicted octanol–water partition coefficient (Wildman–Crippen LogP) is 2.49. The lowest BCUT2D eigenvalue weighted by molar-refractivity contribution is 0.0948. The highest BCUT2D eigenvalue weighted by atomic mass is 16.5. The molecule has 0 fully saturated rings. The second-order valence-electron chi connectivity index (χ2n) is 5.16. The Balaban J connectivity index is 1.82. The number of hydrogen-bond donors (Lipinski definition) is 2. The average Bonchev–Trinajstić information content (AvgIpc) is 2.98. The fourth-order valence-corrected chi connectivity index (χ4v) is 2.27. The molecule has 0 saturated carbocycles. The Morgan fingerprint density at radius 3 is 2.83 bits per heavy atom. The van der Waals surface area contributed by atoms with Gasteiger partial charge in [0.25, 0.3) is 5.91 Å². The summed E-state index contributed by atoms with van der Waals surface area (Å²) in [5.74, 6) is 2.09. The van der Waals surface area contributed by atoms with Gasteiger partial charge in [0.2, 0.25) is 0 Å². The van der Waals surface area contributed by atoms with Crippen LogP contribution in [0, 0.1) is 6.92 Å². The number of methoxy groups -OCH3 is 1. The van der Waals surface area contributed by atoms with Gasteiger partial charge in [0.1, 0.15) is 11.5 Å². The minimum Gasteiger partial charge on any atom is -0.493 e. The van der Waals surface area contributed by atoms with Crippen molar-refractivity contribution in [1.29, 1.82) is 0 Å². The second-order valence-corrected chi connectivity index (χ2v) is 5.16. The van der Waals surface area contributed by atoms with Crippen LogP contribution in [0.1, 0.15) is 35.2 Å². The lowest BCUT2D eigenvalue weighted by Crippen LogP contribution is -2.25. The van der Waals surface area contributed by atoms with Crippen molar-refractivity contribution in [3.63, 3.8) is 0 Å². The molecule has 2 N–H and O–H groups in total. The molecule has 23 heavy (non-hydrogen) atoms. The van der Waals surface area contributed by atoms with Crippen LogP contribution < -0.4 is 14.8 Å². The Hall–Kier alpha value is -2.50. The van der Waals surface area contributed by atoms with Crippen LogP contribution in [0.4, 0.5) is 0 Å². The number of benzene rings is 1. The van der Waals surface area contributed by atoms with Crippen LogP contribution in [0.3, 0.4) is 0 Å². The van der Waals surface area contributed by atoms with E-state index in [9.17, 15) is 4.79 Å². The van der Waals surface area contributed by atoms with Gasteiger partial charge in [-0.05, 0) is 44.4 Å². The molecular weight excluding hydrogens is 294 g/mol. The highest BCUT2D eigenvalue weighted by Gasteiger charge is 2.08. The van der Waals surface area contributed by atoms with Crippen LogP contribution in [-0.4, -0.2) is 36.1 Å². The molecule has 124 valence electrons. The van der Waals surface area contributed by atoms with Crippen LogP contribution >= 0.6 is 0 Å². The van der Waals surface area contributed by atoms with Gasteiger partial charge >= 0.3 is 0 Å². The number of aromatic nitrogens is 2. The van der Waals surface area contributed by atoms with E-state index < -0.39 is 0 Å². The first-order valence-electron chi connectivity index (χ1n) is 7.73. The van der Waals surface area contributed by atoms with Crippen LogP contribution in [0.25, 0.3) is 0 Å². The molecule has 0 aliphatic carbocycles. The lowest BCUT2D eigenvalue weighted by Gasteiger charge is -2.11. The minimum absolute atomic E-state index is 0.129. The van der Waals surface area contributed by atoms with Crippen LogP contribution in [0.15, 0.2) is 24.4 Å². The van der Waals surface area contributed by atoms with Crippen molar-refractivity contribution in [2.45, 2.75) is 26.7 Å². The maximum atomic E-state index is 11.9. The molecule has 0 atom stereocenters. The van der Waals surface area contributed by atoms with E-state index in [-0.39, 0.29) is 5.91 Å². The SMILES string of the molecule is CCOc1cc(CCCNC(=O)c2cnc(C)[nH]2)ccc1OC. The number of imidazole rings is 1. The van der Waals surface area contributed by atoms with Gasteiger partial charge in [-0.1, -0.05) is 6.07 Å². The van der Waals surface area contributed by atoms with Gasteiger partial charge < -0.3 is 19.8 Å². The summed E-state index contributed by atoms with van der Waals surface area (Å²) in [4.78, 5) is 18.8. The Kier molecular flexibility index (Phi) is 6.02. The highest BCUT2D eigenvalue weighted by molar-refractivity contribution is 5.92. The van der Waals surface area contributed by atoms with Gasteiger partial charge in [-0.2, -0.15) is 0 Å². The summed E-state index contributed by atoms with van der Waals surface area (Å²) in [5, 5.41) is 2.88. The molecule has 6 heteroatoms. The van der Waals surface area contributed by atoms with E-state index in [1.54, 1.807) is 13.3 Å². The number of rotatable bonds is 8. The molecule has 0 spiro atoms. The summed E-state index contributed by atoms with van der Waals surface area (Å²) in [6.07, 6.45) is 3.24.